The summed E-state index contributed by atoms with van der Waals surface area (Å²) < 4.78 is 6.34. The Labute approximate surface area is 221 Å². The largest absolute Gasteiger partial charge is 0.503 e. The number of furan rings is 1. The number of carbonyl (C=O) groups excluding carboxylic acids is 2. The monoisotopic (exact) mass is 526 g/mol. The van der Waals surface area contributed by atoms with Crippen LogP contribution in [0.4, 0.5) is 5.13 Å². The van der Waals surface area contributed by atoms with Crippen LogP contribution in [-0.4, -0.2) is 21.8 Å². The standard InChI is InChI=1S/C29H19ClN2O4S/c1-16-10-15-21(36-16)26(33)23-25(19-13-11-18(12-14-19)17-6-3-2-4-7-17)32(28(35)27(23)34)29-31-24-20(30)8-5-9-22(24)37-29/h2-15,25,34H,1H3. The molecule has 1 atom stereocenters. The van der Waals surface area contributed by atoms with Crippen molar-refractivity contribution < 1.29 is 19.1 Å². The molecular weight excluding hydrogens is 508 g/mol. The summed E-state index contributed by atoms with van der Waals surface area (Å²) >= 11 is 7.61. The quantitative estimate of drug-likeness (QED) is 0.243. The number of Topliss-reactive ketones (excluding diaryl/α,β-unsaturated/α-hetero) is 1. The van der Waals surface area contributed by atoms with Crippen LogP contribution in [0.1, 0.15) is 27.9 Å². The molecule has 6 rings (SSSR count). The average Bonchev–Trinajstić information content (AvgIpc) is 3.61. The van der Waals surface area contributed by atoms with Crippen molar-refractivity contribution in [2.24, 2.45) is 0 Å². The molecule has 1 aliphatic rings. The first-order valence-electron chi connectivity index (χ1n) is 11.5. The lowest BCUT2D eigenvalue weighted by Gasteiger charge is -2.24. The molecule has 1 unspecified atom stereocenters. The number of aromatic nitrogens is 1. The Hall–Kier alpha value is -4.20. The van der Waals surface area contributed by atoms with Crippen molar-refractivity contribution in [3.05, 3.63) is 118 Å². The molecule has 1 amide bonds. The average molecular weight is 527 g/mol. The first kappa shape index (κ1) is 23.2. The summed E-state index contributed by atoms with van der Waals surface area (Å²) in [5, 5.41) is 11.8. The molecule has 6 nitrogen and oxygen atoms in total. The van der Waals surface area contributed by atoms with E-state index in [9.17, 15) is 14.7 Å². The number of aryl methyl sites for hydroxylation is 1. The molecule has 182 valence electrons. The molecule has 0 radical (unpaired) electrons. The van der Waals surface area contributed by atoms with Gasteiger partial charge in [-0.25, -0.2) is 4.98 Å². The summed E-state index contributed by atoms with van der Waals surface area (Å²) in [7, 11) is 0. The predicted octanol–water partition coefficient (Wildman–Crippen LogP) is 7.30. The number of fused-ring (bicyclic) bond motifs is 1. The SMILES string of the molecule is Cc1ccc(C(=O)C2=C(O)C(=O)N(c3nc4c(Cl)cccc4s3)C2c2ccc(-c3ccccc3)cc2)o1. The van der Waals surface area contributed by atoms with E-state index in [0.29, 0.717) is 27.0 Å². The van der Waals surface area contributed by atoms with Crippen molar-refractivity contribution >= 4 is 50.0 Å². The molecular formula is C29H19ClN2O4S. The molecule has 3 aromatic carbocycles. The van der Waals surface area contributed by atoms with Gasteiger partial charge in [0, 0.05) is 0 Å². The molecule has 0 saturated heterocycles. The summed E-state index contributed by atoms with van der Waals surface area (Å²) in [6.45, 7) is 1.72. The number of halogens is 1. The van der Waals surface area contributed by atoms with Gasteiger partial charge >= 0.3 is 0 Å². The van der Waals surface area contributed by atoms with Gasteiger partial charge in [-0.05, 0) is 47.9 Å². The number of thiazole rings is 1. The highest BCUT2D eigenvalue weighted by atomic mass is 35.5. The minimum Gasteiger partial charge on any atom is -0.503 e. The highest BCUT2D eigenvalue weighted by molar-refractivity contribution is 7.22. The van der Waals surface area contributed by atoms with E-state index in [2.05, 4.69) is 4.98 Å². The van der Waals surface area contributed by atoms with Gasteiger partial charge in [0.05, 0.1) is 21.3 Å². The first-order chi connectivity index (χ1) is 17.9. The van der Waals surface area contributed by atoms with Gasteiger partial charge in [0.25, 0.3) is 5.91 Å². The number of ketones is 1. The predicted molar refractivity (Wildman–Crippen MR) is 144 cm³/mol. The molecule has 1 N–H and O–H groups in total. The van der Waals surface area contributed by atoms with Crippen LogP contribution in [0.25, 0.3) is 21.3 Å². The number of nitrogens with zero attached hydrogens (tertiary/aromatic N) is 2. The molecule has 3 heterocycles. The topological polar surface area (TPSA) is 83.6 Å². The van der Waals surface area contributed by atoms with Crippen molar-refractivity contribution in [2.45, 2.75) is 13.0 Å². The van der Waals surface area contributed by atoms with Crippen molar-refractivity contribution in [1.82, 2.24) is 4.98 Å². The fraction of sp³-hybridized carbons (Fsp3) is 0.0690. The maximum Gasteiger partial charge on any atom is 0.296 e. The summed E-state index contributed by atoms with van der Waals surface area (Å²) in [4.78, 5) is 33.0. The smallest absolute Gasteiger partial charge is 0.296 e. The number of para-hydroxylation sites is 1. The molecule has 8 heteroatoms. The van der Waals surface area contributed by atoms with Crippen molar-refractivity contribution in [3.63, 3.8) is 0 Å². The summed E-state index contributed by atoms with van der Waals surface area (Å²) in [5.41, 5.74) is 3.16. The van der Waals surface area contributed by atoms with Gasteiger partial charge in [-0.15, -0.1) is 0 Å². The minimum absolute atomic E-state index is 0.0481. The van der Waals surface area contributed by atoms with Gasteiger partial charge < -0.3 is 9.52 Å². The van der Waals surface area contributed by atoms with Gasteiger partial charge in [0.15, 0.2) is 16.7 Å². The first-order valence-corrected chi connectivity index (χ1v) is 12.7. The molecule has 0 bridgehead atoms. The van der Waals surface area contributed by atoms with Crippen LogP contribution in [0, 0.1) is 6.92 Å². The van der Waals surface area contributed by atoms with Gasteiger partial charge in [-0.2, -0.15) is 0 Å². The molecule has 5 aromatic rings. The number of hydrogen-bond donors (Lipinski definition) is 1. The Balaban J connectivity index is 1.49. The van der Waals surface area contributed by atoms with Gasteiger partial charge in [-0.1, -0.05) is 83.6 Å². The van der Waals surface area contributed by atoms with Gasteiger partial charge in [-0.3, -0.25) is 14.5 Å². The number of rotatable bonds is 5. The number of amides is 1. The molecule has 0 saturated carbocycles. The number of aliphatic hydroxyl groups excluding tert-OH is 1. The lowest BCUT2D eigenvalue weighted by Crippen LogP contribution is -2.30. The Morgan fingerprint density at radius 1 is 0.973 bits per heavy atom. The van der Waals surface area contributed by atoms with E-state index in [-0.39, 0.29) is 11.3 Å². The summed E-state index contributed by atoms with van der Waals surface area (Å²) in [5.74, 6) is -1.29. The second-order valence-electron chi connectivity index (χ2n) is 8.65. The second kappa shape index (κ2) is 9.03. The van der Waals surface area contributed by atoms with Crippen LogP contribution in [0.2, 0.25) is 5.02 Å². The van der Waals surface area contributed by atoms with E-state index in [0.717, 1.165) is 15.8 Å². The van der Waals surface area contributed by atoms with Crippen LogP contribution in [-0.2, 0) is 4.79 Å². The zero-order valence-electron chi connectivity index (χ0n) is 19.5. The van der Waals surface area contributed by atoms with Crippen LogP contribution in [0.15, 0.2) is 101 Å². The number of hydrogen-bond acceptors (Lipinski definition) is 6. The number of benzene rings is 3. The fourth-order valence-electron chi connectivity index (χ4n) is 4.53. The van der Waals surface area contributed by atoms with Crippen LogP contribution in [0.5, 0.6) is 0 Å². The zero-order valence-corrected chi connectivity index (χ0v) is 21.1. The Bertz CT molecular complexity index is 1700. The number of carbonyl (C=O) groups is 2. The van der Waals surface area contributed by atoms with E-state index < -0.39 is 23.5 Å². The maximum absolute atomic E-state index is 13.6. The van der Waals surface area contributed by atoms with Crippen molar-refractivity contribution in [2.75, 3.05) is 4.90 Å². The van der Waals surface area contributed by atoms with Crippen LogP contribution in [0.3, 0.4) is 0 Å². The highest BCUT2D eigenvalue weighted by Gasteiger charge is 2.46. The lowest BCUT2D eigenvalue weighted by atomic mass is 9.93. The van der Waals surface area contributed by atoms with Crippen LogP contribution >= 0.6 is 22.9 Å². The van der Waals surface area contributed by atoms with E-state index in [1.807, 2.05) is 66.7 Å². The Kier molecular flexibility index (Phi) is 5.67. The highest BCUT2D eigenvalue weighted by Crippen LogP contribution is 2.45. The Morgan fingerprint density at radius 3 is 2.38 bits per heavy atom. The molecule has 0 aliphatic carbocycles. The van der Waals surface area contributed by atoms with Crippen LogP contribution < -0.4 is 4.90 Å². The number of aliphatic hydroxyl groups is 1. The number of anilines is 1. The second-order valence-corrected chi connectivity index (χ2v) is 10.1. The minimum atomic E-state index is -0.908. The molecule has 2 aromatic heterocycles. The zero-order chi connectivity index (χ0) is 25.7. The summed E-state index contributed by atoms with van der Waals surface area (Å²) in [6.07, 6.45) is 0. The molecule has 1 aliphatic heterocycles. The van der Waals surface area contributed by atoms with E-state index in [4.69, 9.17) is 16.0 Å². The van der Waals surface area contributed by atoms with E-state index in [1.54, 1.807) is 19.1 Å². The van der Waals surface area contributed by atoms with E-state index in [1.165, 1.54) is 22.3 Å². The van der Waals surface area contributed by atoms with Gasteiger partial charge in [0.1, 0.15) is 11.3 Å². The van der Waals surface area contributed by atoms with Crippen molar-refractivity contribution in [3.8, 4) is 11.1 Å². The van der Waals surface area contributed by atoms with E-state index >= 15 is 0 Å². The molecule has 0 fully saturated rings. The maximum atomic E-state index is 13.6. The third-order valence-corrected chi connectivity index (χ3v) is 7.64. The van der Waals surface area contributed by atoms with Crippen molar-refractivity contribution in [1.29, 1.82) is 0 Å². The van der Waals surface area contributed by atoms with Gasteiger partial charge in [0.2, 0.25) is 5.78 Å². The normalized spacial score (nSPS) is 15.7. The molecule has 37 heavy (non-hydrogen) atoms. The Morgan fingerprint density at radius 2 is 1.70 bits per heavy atom. The summed E-state index contributed by atoms with van der Waals surface area (Å²) in [6, 6.07) is 25.1. The third-order valence-electron chi connectivity index (χ3n) is 6.31. The third kappa shape index (κ3) is 3.93. The lowest BCUT2D eigenvalue weighted by molar-refractivity contribution is -0.117. The molecule has 0 spiro atoms. The fourth-order valence-corrected chi connectivity index (χ4v) is 5.83.